The van der Waals surface area contributed by atoms with Crippen LogP contribution in [0.15, 0.2) is 18.2 Å². The van der Waals surface area contributed by atoms with E-state index in [0.717, 1.165) is 31.7 Å². The standard InChI is InChI=1S/C18H22FN3O2/c1-12(21-17(23)9-13-5-3-2-4-6-13)18(24)22-16-8-7-15(19)10-14(16)11-20/h7-8,10,12-13H,2-6,9H2,1H3,(H,21,23)(H,22,24)/t12-/m0/s1. The molecule has 1 aliphatic rings. The van der Waals surface area contributed by atoms with E-state index in [1.165, 1.54) is 18.6 Å². The van der Waals surface area contributed by atoms with Gasteiger partial charge in [0.05, 0.1) is 11.3 Å². The molecule has 1 aliphatic carbocycles. The Morgan fingerprint density at radius 3 is 2.71 bits per heavy atom. The lowest BCUT2D eigenvalue weighted by Crippen LogP contribution is -2.42. The predicted octanol–water partition coefficient (Wildman–Crippen LogP) is 3.11. The van der Waals surface area contributed by atoms with Gasteiger partial charge in [-0.3, -0.25) is 9.59 Å². The van der Waals surface area contributed by atoms with Gasteiger partial charge in [0.1, 0.15) is 17.9 Å². The molecule has 0 spiro atoms. The van der Waals surface area contributed by atoms with Crippen LogP contribution in [0.3, 0.4) is 0 Å². The molecule has 0 aliphatic heterocycles. The number of nitrogens with zero attached hydrogens (tertiary/aromatic N) is 1. The number of anilines is 1. The van der Waals surface area contributed by atoms with Crippen molar-refractivity contribution in [2.24, 2.45) is 5.92 Å². The zero-order chi connectivity index (χ0) is 17.5. The number of rotatable bonds is 5. The second-order valence-electron chi connectivity index (χ2n) is 6.29. The molecule has 2 rings (SSSR count). The molecular weight excluding hydrogens is 309 g/mol. The molecule has 1 atom stereocenters. The number of carbonyl (C=O) groups excluding carboxylic acids is 2. The number of hydrogen-bond donors (Lipinski definition) is 2. The molecule has 1 fully saturated rings. The molecule has 0 aromatic heterocycles. The summed E-state index contributed by atoms with van der Waals surface area (Å²) in [5.74, 6) is -0.714. The Hall–Kier alpha value is -2.42. The van der Waals surface area contributed by atoms with Gasteiger partial charge in [0.15, 0.2) is 0 Å². The Morgan fingerprint density at radius 2 is 2.04 bits per heavy atom. The van der Waals surface area contributed by atoms with E-state index in [9.17, 15) is 14.0 Å². The topological polar surface area (TPSA) is 82.0 Å². The van der Waals surface area contributed by atoms with E-state index in [1.54, 1.807) is 6.92 Å². The van der Waals surface area contributed by atoms with Crippen LogP contribution in [0.2, 0.25) is 0 Å². The van der Waals surface area contributed by atoms with Gasteiger partial charge in [0.25, 0.3) is 0 Å². The number of carbonyl (C=O) groups is 2. The number of amides is 2. The second-order valence-corrected chi connectivity index (χ2v) is 6.29. The fraction of sp³-hybridized carbons (Fsp3) is 0.500. The van der Waals surface area contributed by atoms with Crippen LogP contribution >= 0.6 is 0 Å². The number of nitrogens with one attached hydrogen (secondary N) is 2. The third-order valence-electron chi connectivity index (χ3n) is 4.33. The third kappa shape index (κ3) is 5.05. The average molecular weight is 331 g/mol. The van der Waals surface area contributed by atoms with Gasteiger partial charge < -0.3 is 10.6 Å². The van der Waals surface area contributed by atoms with E-state index in [0.29, 0.717) is 12.3 Å². The first-order valence-electron chi connectivity index (χ1n) is 8.29. The van der Waals surface area contributed by atoms with E-state index in [2.05, 4.69) is 10.6 Å². The van der Waals surface area contributed by atoms with Crippen molar-refractivity contribution < 1.29 is 14.0 Å². The van der Waals surface area contributed by atoms with Gasteiger partial charge in [-0.1, -0.05) is 19.3 Å². The van der Waals surface area contributed by atoms with E-state index >= 15 is 0 Å². The van der Waals surface area contributed by atoms with Crippen molar-refractivity contribution in [3.05, 3.63) is 29.6 Å². The summed E-state index contributed by atoms with van der Waals surface area (Å²) in [6, 6.07) is 4.67. The van der Waals surface area contributed by atoms with Gasteiger partial charge in [-0.2, -0.15) is 5.26 Å². The first-order valence-corrected chi connectivity index (χ1v) is 8.29. The molecule has 1 aromatic rings. The van der Waals surface area contributed by atoms with Gasteiger partial charge in [-0.05, 0) is 43.9 Å². The minimum Gasteiger partial charge on any atom is -0.345 e. The minimum absolute atomic E-state index is 0.0454. The molecule has 24 heavy (non-hydrogen) atoms. The lowest BCUT2D eigenvalue weighted by atomic mass is 9.87. The van der Waals surface area contributed by atoms with E-state index in [1.807, 2.05) is 6.07 Å². The van der Waals surface area contributed by atoms with E-state index in [-0.39, 0.29) is 17.2 Å². The lowest BCUT2D eigenvalue weighted by Gasteiger charge is -2.22. The molecule has 0 unspecified atom stereocenters. The van der Waals surface area contributed by atoms with Crippen molar-refractivity contribution >= 4 is 17.5 Å². The Morgan fingerprint density at radius 1 is 1.33 bits per heavy atom. The highest BCUT2D eigenvalue weighted by molar-refractivity contribution is 5.97. The summed E-state index contributed by atoms with van der Waals surface area (Å²) in [4.78, 5) is 24.2. The summed E-state index contributed by atoms with van der Waals surface area (Å²) in [5.41, 5.74) is 0.279. The van der Waals surface area contributed by atoms with Crippen LogP contribution in [-0.4, -0.2) is 17.9 Å². The summed E-state index contributed by atoms with van der Waals surface area (Å²) < 4.78 is 13.1. The molecule has 5 nitrogen and oxygen atoms in total. The summed E-state index contributed by atoms with van der Waals surface area (Å²) in [6.07, 6.45) is 6.13. The van der Waals surface area contributed by atoms with Crippen molar-refractivity contribution in [3.8, 4) is 6.07 Å². The van der Waals surface area contributed by atoms with Crippen molar-refractivity contribution in [1.82, 2.24) is 5.32 Å². The molecule has 6 heteroatoms. The summed E-state index contributed by atoms with van der Waals surface area (Å²) in [5, 5.41) is 14.2. The van der Waals surface area contributed by atoms with Crippen LogP contribution in [-0.2, 0) is 9.59 Å². The van der Waals surface area contributed by atoms with Crippen molar-refractivity contribution in [2.45, 2.75) is 51.5 Å². The maximum Gasteiger partial charge on any atom is 0.246 e. The summed E-state index contributed by atoms with van der Waals surface area (Å²) in [7, 11) is 0. The van der Waals surface area contributed by atoms with Crippen LogP contribution in [0.5, 0.6) is 0 Å². The Balaban J connectivity index is 1.87. The number of halogens is 1. The van der Waals surface area contributed by atoms with E-state index < -0.39 is 17.8 Å². The van der Waals surface area contributed by atoms with Gasteiger partial charge >= 0.3 is 0 Å². The highest BCUT2D eigenvalue weighted by Gasteiger charge is 2.21. The molecule has 0 saturated heterocycles. The van der Waals surface area contributed by atoms with Crippen LogP contribution in [0.1, 0.15) is 51.0 Å². The molecule has 1 saturated carbocycles. The Labute approximate surface area is 141 Å². The maximum atomic E-state index is 13.1. The van der Waals surface area contributed by atoms with Crippen LogP contribution in [0.4, 0.5) is 10.1 Å². The highest BCUT2D eigenvalue weighted by Crippen LogP contribution is 2.26. The molecule has 0 radical (unpaired) electrons. The van der Waals surface area contributed by atoms with Crippen molar-refractivity contribution in [2.75, 3.05) is 5.32 Å². The van der Waals surface area contributed by atoms with Gasteiger partial charge in [-0.25, -0.2) is 4.39 Å². The van der Waals surface area contributed by atoms with Crippen molar-refractivity contribution in [1.29, 1.82) is 5.26 Å². The SMILES string of the molecule is C[C@H](NC(=O)CC1CCCCC1)C(=O)Nc1ccc(F)cc1C#N. The fourth-order valence-electron chi connectivity index (χ4n) is 2.98. The first-order chi connectivity index (χ1) is 11.5. The molecular formula is C18H22FN3O2. The second kappa shape index (κ2) is 8.44. The van der Waals surface area contributed by atoms with E-state index in [4.69, 9.17) is 5.26 Å². The first kappa shape index (κ1) is 17.9. The zero-order valence-electron chi connectivity index (χ0n) is 13.8. The zero-order valence-corrected chi connectivity index (χ0v) is 13.8. The monoisotopic (exact) mass is 331 g/mol. The lowest BCUT2D eigenvalue weighted by molar-refractivity contribution is -0.126. The highest BCUT2D eigenvalue weighted by atomic mass is 19.1. The number of nitriles is 1. The minimum atomic E-state index is -0.724. The third-order valence-corrected chi connectivity index (χ3v) is 4.33. The van der Waals surface area contributed by atoms with Crippen molar-refractivity contribution in [3.63, 3.8) is 0 Å². The van der Waals surface area contributed by atoms with Gasteiger partial charge in [0.2, 0.25) is 11.8 Å². The molecule has 2 amide bonds. The van der Waals surface area contributed by atoms with Crippen LogP contribution in [0, 0.1) is 23.1 Å². The summed E-state index contributed by atoms with van der Waals surface area (Å²) >= 11 is 0. The van der Waals surface area contributed by atoms with Crippen LogP contribution in [0.25, 0.3) is 0 Å². The molecule has 128 valence electrons. The molecule has 0 bridgehead atoms. The van der Waals surface area contributed by atoms with Crippen LogP contribution < -0.4 is 10.6 Å². The molecule has 0 heterocycles. The molecule has 2 N–H and O–H groups in total. The number of benzene rings is 1. The maximum absolute atomic E-state index is 13.1. The largest absolute Gasteiger partial charge is 0.345 e. The number of hydrogen-bond acceptors (Lipinski definition) is 3. The predicted molar refractivity (Wildman–Crippen MR) is 88.5 cm³/mol. The smallest absolute Gasteiger partial charge is 0.246 e. The quantitative estimate of drug-likeness (QED) is 0.870. The Kier molecular flexibility index (Phi) is 6.30. The van der Waals surface area contributed by atoms with Gasteiger partial charge in [-0.15, -0.1) is 0 Å². The molecule has 1 aromatic carbocycles. The normalized spacial score (nSPS) is 16.0. The average Bonchev–Trinajstić information content (AvgIpc) is 2.57. The van der Waals surface area contributed by atoms with Gasteiger partial charge in [0, 0.05) is 6.42 Å². The Bertz CT molecular complexity index is 648. The summed E-state index contributed by atoms with van der Waals surface area (Å²) in [6.45, 7) is 1.59. The fourth-order valence-corrected chi connectivity index (χ4v) is 2.98.